The summed E-state index contributed by atoms with van der Waals surface area (Å²) < 4.78 is 10.5. The quantitative estimate of drug-likeness (QED) is 0.260. The molecule has 0 aromatic heterocycles. The van der Waals surface area contributed by atoms with Crippen molar-refractivity contribution in [3.63, 3.8) is 0 Å². The topological polar surface area (TPSA) is 150 Å². The molecule has 0 atom stereocenters. The Morgan fingerprint density at radius 1 is 1.13 bits per heavy atom. The van der Waals surface area contributed by atoms with Gasteiger partial charge in [0.2, 0.25) is 0 Å². The van der Waals surface area contributed by atoms with E-state index >= 15 is 0 Å². The zero-order chi connectivity index (χ0) is 22.1. The zero-order valence-electron chi connectivity index (χ0n) is 16.3. The van der Waals surface area contributed by atoms with Gasteiger partial charge in [-0.25, -0.2) is 5.21 Å². The van der Waals surface area contributed by atoms with Crippen LogP contribution in [0.15, 0.2) is 47.6 Å². The maximum Gasteiger partial charge on any atom is 0.320 e. The molecule has 0 fully saturated rings. The molecule has 11 heteroatoms. The average Bonchev–Trinajstić information content (AvgIpc) is 2.72. The van der Waals surface area contributed by atoms with E-state index in [0.29, 0.717) is 11.4 Å². The van der Waals surface area contributed by atoms with Gasteiger partial charge in [-0.2, -0.15) is 5.10 Å². The average molecular weight is 417 g/mol. The predicted octanol–water partition coefficient (Wildman–Crippen LogP) is 1.86. The number of methoxy groups -OCH3 is 1. The van der Waals surface area contributed by atoms with Crippen molar-refractivity contribution in [2.24, 2.45) is 5.10 Å². The van der Waals surface area contributed by atoms with Crippen molar-refractivity contribution in [2.45, 2.75) is 6.92 Å². The van der Waals surface area contributed by atoms with Crippen LogP contribution < -0.4 is 20.2 Å². The molecule has 0 radical (unpaired) electrons. The minimum Gasteiger partial charge on any atom is -0.494 e. The second kappa shape index (κ2) is 10.5. The first kappa shape index (κ1) is 22.3. The lowest BCUT2D eigenvalue weighted by atomic mass is 10.2. The Balaban J connectivity index is 2.24. The lowest BCUT2D eigenvalue weighted by Crippen LogP contribution is -2.29. The molecule has 0 saturated carbocycles. The van der Waals surface area contributed by atoms with Gasteiger partial charge < -0.3 is 19.9 Å². The van der Waals surface area contributed by atoms with E-state index in [-0.39, 0.29) is 35.3 Å². The normalized spacial score (nSPS) is 10.8. The summed E-state index contributed by atoms with van der Waals surface area (Å²) in [6.07, 6.45) is 0. The summed E-state index contributed by atoms with van der Waals surface area (Å²) in [5, 5.41) is 24.3. The summed E-state index contributed by atoms with van der Waals surface area (Å²) in [6, 6.07) is 10.4. The Kier molecular flexibility index (Phi) is 7.82. The number of aliphatic hydroxyl groups excluding tert-OH is 1. The third kappa shape index (κ3) is 5.75. The highest BCUT2D eigenvalue weighted by atomic mass is 16.6. The van der Waals surface area contributed by atoms with Crippen molar-refractivity contribution >= 4 is 34.5 Å². The maximum atomic E-state index is 12.6. The Bertz CT molecular complexity index is 975. The number of ether oxygens (including phenoxy) is 2. The number of hydrogen-bond acceptors (Lipinski definition) is 8. The number of carbonyl (C=O) groups excluding carboxylic acids is 2. The second-order valence-corrected chi connectivity index (χ2v) is 5.81. The van der Waals surface area contributed by atoms with E-state index in [9.17, 15) is 14.5 Å². The molecular formula is C19H21N4O7+. The molecule has 158 valence electrons. The minimum atomic E-state index is -0.785. The standard InChI is InChI=1S/C19H20N4O7/c1-12(25)18(19(26)20-14-5-3-4-6-16(14)30-10-9-24)22-21-15-8-7-13(23(27)28)11-17(15)29-2/h3-8,11,24H,9-10H2,1-2H3,(H2-,20,21,25,26,27,28)/p+1. The second-order valence-electron chi connectivity index (χ2n) is 5.81. The first-order valence-corrected chi connectivity index (χ1v) is 8.70. The Labute approximate surface area is 171 Å². The summed E-state index contributed by atoms with van der Waals surface area (Å²) >= 11 is 0. The number of hydrazone groups is 1. The van der Waals surface area contributed by atoms with E-state index in [1.165, 1.54) is 32.2 Å². The van der Waals surface area contributed by atoms with E-state index in [2.05, 4.69) is 15.8 Å². The highest BCUT2D eigenvalue weighted by Crippen LogP contribution is 2.29. The van der Waals surface area contributed by atoms with E-state index in [1.54, 1.807) is 24.3 Å². The molecular weight excluding hydrogens is 396 g/mol. The van der Waals surface area contributed by atoms with Gasteiger partial charge in [-0.15, -0.1) is 0 Å². The number of rotatable bonds is 10. The molecule has 2 rings (SSSR count). The van der Waals surface area contributed by atoms with Crippen LogP contribution in [-0.4, -0.2) is 53.0 Å². The monoisotopic (exact) mass is 417 g/mol. The summed E-state index contributed by atoms with van der Waals surface area (Å²) in [6.45, 7) is 1.01. The number of hydrogen-bond donors (Lipinski definition) is 4. The molecule has 0 spiro atoms. The summed E-state index contributed by atoms with van der Waals surface area (Å²) in [7, 11) is 1.34. The van der Waals surface area contributed by atoms with Crippen LogP contribution in [0.4, 0.5) is 17.1 Å². The molecule has 0 bridgehead atoms. The highest BCUT2D eigenvalue weighted by Gasteiger charge is 2.20. The summed E-state index contributed by atoms with van der Waals surface area (Å²) in [5.41, 5.74) is 2.59. The van der Waals surface area contributed by atoms with Gasteiger partial charge in [0, 0.05) is 13.0 Å². The van der Waals surface area contributed by atoms with Crippen molar-refractivity contribution in [1.29, 1.82) is 0 Å². The number of para-hydroxylation sites is 2. The SMILES string of the molecule is COc1cc([N+](=O)O)ccc1N/N=C(/C(C)=O)C(=O)Nc1ccccc1OCCO. The van der Waals surface area contributed by atoms with Gasteiger partial charge in [0.1, 0.15) is 12.4 Å². The van der Waals surface area contributed by atoms with Crippen molar-refractivity contribution in [3.05, 3.63) is 47.4 Å². The number of benzene rings is 2. The van der Waals surface area contributed by atoms with Crippen LogP contribution in [0, 0.1) is 4.91 Å². The number of aliphatic hydroxyl groups is 1. The van der Waals surface area contributed by atoms with Crippen LogP contribution in [0.2, 0.25) is 0 Å². The van der Waals surface area contributed by atoms with Crippen molar-refractivity contribution in [2.75, 3.05) is 31.1 Å². The largest absolute Gasteiger partial charge is 0.494 e. The van der Waals surface area contributed by atoms with Gasteiger partial charge in [-0.1, -0.05) is 12.1 Å². The van der Waals surface area contributed by atoms with Gasteiger partial charge in [0.15, 0.2) is 17.2 Å². The molecule has 2 aromatic carbocycles. The molecule has 0 unspecified atom stereocenters. The fourth-order valence-corrected chi connectivity index (χ4v) is 2.33. The number of nitrogens with zero attached hydrogens (tertiary/aromatic N) is 2. The highest BCUT2D eigenvalue weighted by molar-refractivity contribution is 6.67. The molecule has 1 amide bonds. The molecule has 0 aliphatic heterocycles. The van der Waals surface area contributed by atoms with E-state index in [4.69, 9.17) is 19.8 Å². The molecule has 0 aliphatic rings. The van der Waals surface area contributed by atoms with Gasteiger partial charge in [-0.3, -0.25) is 15.0 Å². The fraction of sp³-hybridized carbons (Fsp3) is 0.211. The van der Waals surface area contributed by atoms with Crippen LogP contribution in [0.3, 0.4) is 0 Å². The van der Waals surface area contributed by atoms with Gasteiger partial charge >= 0.3 is 5.69 Å². The first-order valence-electron chi connectivity index (χ1n) is 8.70. The molecule has 0 heterocycles. The van der Waals surface area contributed by atoms with E-state index < -0.39 is 17.4 Å². The Morgan fingerprint density at radius 2 is 1.87 bits per heavy atom. The predicted molar refractivity (Wildman–Crippen MR) is 107 cm³/mol. The molecule has 30 heavy (non-hydrogen) atoms. The van der Waals surface area contributed by atoms with E-state index in [0.717, 1.165) is 0 Å². The number of ketones is 1. The Hall–Kier alpha value is -3.99. The number of amides is 1. The minimum absolute atomic E-state index is 0.0342. The van der Waals surface area contributed by atoms with Crippen molar-refractivity contribution < 1.29 is 34.3 Å². The van der Waals surface area contributed by atoms with Gasteiger partial charge in [-0.05, 0) is 18.2 Å². The molecule has 11 nitrogen and oxygen atoms in total. The number of anilines is 2. The van der Waals surface area contributed by atoms with Gasteiger partial charge in [0.25, 0.3) is 10.8 Å². The van der Waals surface area contributed by atoms with Crippen LogP contribution in [0.1, 0.15) is 6.92 Å². The van der Waals surface area contributed by atoms with Crippen LogP contribution in [0.5, 0.6) is 11.5 Å². The third-order valence-electron chi connectivity index (χ3n) is 3.73. The third-order valence-corrected chi connectivity index (χ3v) is 3.73. The molecule has 2 aromatic rings. The van der Waals surface area contributed by atoms with Crippen molar-refractivity contribution in [1.82, 2.24) is 0 Å². The van der Waals surface area contributed by atoms with Gasteiger partial charge in [0.05, 0.1) is 36.1 Å². The lowest BCUT2D eigenvalue weighted by molar-refractivity contribution is -0.729. The number of Topliss-reactive ketones (excluding diaryl/α,β-unsaturated/α-hetero) is 1. The fourth-order valence-electron chi connectivity index (χ4n) is 2.33. The number of nitrogens with one attached hydrogen (secondary N) is 2. The van der Waals surface area contributed by atoms with Crippen LogP contribution in [-0.2, 0) is 9.59 Å². The van der Waals surface area contributed by atoms with Crippen molar-refractivity contribution in [3.8, 4) is 11.5 Å². The first-order chi connectivity index (χ1) is 14.4. The molecule has 0 aliphatic carbocycles. The maximum absolute atomic E-state index is 12.6. The molecule has 4 N–H and O–H groups in total. The summed E-state index contributed by atoms with van der Waals surface area (Å²) in [5.74, 6) is -0.923. The van der Waals surface area contributed by atoms with Crippen LogP contribution >= 0.6 is 0 Å². The summed E-state index contributed by atoms with van der Waals surface area (Å²) in [4.78, 5) is 35.2. The van der Waals surface area contributed by atoms with Crippen LogP contribution in [0.25, 0.3) is 0 Å². The number of carbonyl (C=O) groups is 2. The smallest absolute Gasteiger partial charge is 0.320 e. The molecule has 0 saturated heterocycles. The zero-order valence-corrected chi connectivity index (χ0v) is 16.3. The van der Waals surface area contributed by atoms with E-state index in [1.807, 2.05) is 0 Å². The Morgan fingerprint density at radius 3 is 2.50 bits per heavy atom. The lowest BCUT2D eigenvalue weighted by Gasteiger charge is -2.12.